The lowest BCUT2D eigenvalue weighted by molar-refractivity contribution is -0.189. The molecule has 1 fully saturated rings. The molecule has 2 rings (SSSR count). The van der Waals surface area contributed by atoms with Crippen molar-refractivity contribution in [3.63, 3.8) is 0 Å². The number of halogens is 5. The minimum absolute atomic E-state index is 0.158. The van der Waals surface area contributed by atoms with E-state index in [-0.39, 0.29) is 18.0 Å². The van der Waals surface area contributed by atoms with Crippen LogP contribution in [-0.4, -0.2) is 12.2 Å². The van der Waals surface area contributed by atoms with Gasteiger partial charge in [-0.3, -0.25) is 0 Å². The molecule has 2 unspecified atom stereocenters. The summed E-state index contributed by atoms with van der Waals surface area (Å²) in [6, 6.07) is 3.41. The van der Waals surface area contributed by atoms with E-state index in [9.17, 15) is 17.6 Å². The van der Waals surface area contributed by atoms with Crippen LogP contribution < -0.4 is 5.32 Å². The summed E-state index contributed by atoms with van der Waals surface area (Å²) >= 11 is 5.73. The van der Waals surface area contributed by atoms with Gasteiger partial charge in [-0.15, -0.1) is 0 Å². The fourth-order valence-electron chi connectivity index (χ4n) is 2.73. The van der Waals surface area contributed by atoms with Crippen molar-refractivity contribution in [1.82, 2.24) is 5.32 Å². The van der Waals surface area contributed by atoms with Crippen LogP contribution in [0.4, 0.5) is 17.6 Å². The molecule has 0 amide bonds. The van der Waals surface area contributed by atoms with E-state index in [4.69, 9.17) is 11.6 Å². The van der Waals surface area contributed by atoms with E-state index in [0.29, 0.717) is 18.4 Å². The van der Waals surface area contributed by atoms with E-state index in [1.165, 1.54) is 12.1 Å². The molecule has 0 aliphatic heterocycles. The molecular formula is C14H16ClF4N. The summed E-state index contributed by atoms with van der Waals surface area (Å²) in [4.78, 5) is 0. The second-order valence-corrected chi connectivity index (χ2v) is 5.63. The molecule has 1 aliphatic rings. The first kappa shape index (κ1) is 15.6. The van der Waals surface area contributed by atoms with Gasteiger partial charge in [-0.05, 0) is 36.6 Å². The van der Waals surface area contributed by atoms with E-state index < -0.39 is 24.0 Å². The van der Waals surface area contributed by atoms with Crippen molar-refractivity contribution in [1.29, 1.82) is 0 Å². The Hall–Kier alpha value is -0.810. The average molecular weight is 310 g/mol. The highest BCUT2D eigenvalue weighted by Crippen LogP contribution is 2.37. The summed E-state index contributed by atoms with van der Waals surface area (Å²) in [7, 11) is 0. The third-order valence-electron chi connectivity index (χ3n) is 3.68. The first-order valence-electron chi connectivity index (χ1n) is 6.61. The van der Waals surface area contributed by atoms with Crippen molar-refractivity contribution in [2.45, 2.75) is 44.4 Å². The van der Waals surface area contributed by atoms with Crippen molar-refractivity contribution in [3.05, 3.63) is 34.6 Å². The van der Waals surface area contributed by atoms with Crippen molar-refractivity contribution in [2.75, 3.05) is 0 Å². The molecule has 1 nitrogen and oxygen atoms in total. The molecule has 0 heterocycles. The number of hydrogen-bond acceptors (Lipinski definition) is 1. The molecule has 1 aromatic carbocycles. The van der Waals surface area contributed by atoms with Gasteiger partial charge in [0.25, 0.3) is 0 Å². The summed E-state index contributed by atoms with van der Waals surface area (Å²) in [5.41, 5.74) is 0.557. The van der Waals surface area contributed by atoms with Crippen LogP contribution in [0.15, 0.2) is 18.2 Å². The van der Waals surface area contributed by atoms with Gasteiger partial charge < -0.3 is 5.32 Å². The smallest absolute Gasteiger partial charge is 0.309 e. The lowest BCUT2D eigenvalue weighted by Gasteiger charge is -2.33. The largest absolute Gasteiger partial charge is 0.393 e. The first-order valence-corrected chi connectivity index (χ1v) is 6.99. The van der Waals surface area contributed by atoms with Crippen LogP contribution in [0.2, 0.25) is 5.02 Å². The maximum absolute atomic E-state index is 13.2. The second-order valence-electron chi connectivity index (χ2n) is 5.20. The topological polar surface area (TPSA) is 12.0 Å². The van der Waals surface area contributed by atoms with Crippen LogP contribution in [0.5, 0.6) is 0 Å². The van der Waals surface area contributed by atoms with Crippen LogP contribution in [0.3, 0.4) is 0 Å². The Bertz CT molecular complexity index is 441. The molecule has 1 saturated carbocycles. The Balaban J connectivity index is 2.01. The standard InChI is InChI=1S/C14H16ClF4N/c15-10-5-9(6-11(16)7-10)8-20-13-4-2-1-3-12(13)14(17,18)19/h5-7,12-13,20H,1-4,8H2. The normalized spacial score (nSPS) is 23.9. The van der Waals surface area contributed by atoms with Gasteiger partial charge in [-0.1, -0.05) is 24.4 Å². The number of alkyl halides is 3. The van der Waals surface area contributed by atoms with E-state index in [1.807, 2.05) is 0 Å². The zero-order valence-electron chi connectivity index (χ0n) is 10.8. The molecule has 112 valence electrons. The molecule has 0 spiro atoms. The average Bonchev–Trinajstić information content (AvgIpc) is 2.34. The van der Waals surface area contributed by atoms with E-state index >= 15 is 0 Å². The minimum atomic E-state index is -4.18. The molecular weight excluding hydrogens is 294 g/mol. The van der Waals surface area contributed by atoms with Crippen molar-refractivity contribution in [2.24, 2.45) is 5.92 Å². The van der Waals surface area contributed by atoms with Crippen LogP contribution in [-0.2, 0) is 6.54 Å². The van der Waals surface area contributed by atoms with E-state index in [1.54, 1.807) is 6.07 Å². The molecule has 1 aliphatic carbocycles. The van der Waals surface area contributed by atoms with Gasteiger partial charge in [0.1, 0.15) is 5.82 Å². The highest BCUT2D eigenvalue weighted by molar-refractivity contribution is 6.30. The number of hydrogen-bond donors (Lipinski definition) is 1. The molecule has 2 atom stereocenters. The highest BCUT2D eigenvalue weighted by Gasteiger charge is 2.45. The lowest BCUT2D eigenvalue weighted by atomic mass is 9.84. The SMILES string of the molecule is Fc1cc(Cl)cc(CNC2CCCCC2C(F)(F)F)c1. The van der Waals surface area contributed by atoms with Gasteiger partial charge >= 0.3 is 6.18 Å². The van der Waals surface area contributed by atoms with Crippen LogP contribution >= 0.6 is 11.6 Å². The van der Waals surface area contributed by atoms with Crippen LogP contribution in [0.1, 0.15) is 31.2 Å². The highest BCUT2D eigenvalue weighted by atomic mass is 35.5. The van der Waals surface area contributed by atoms with Gasteiger partial charge in [0.2, 0.25) is 0 Å². The Morgan fingerprint density at radius 1 is 1.15 bits per heavy atom. The van der Waals surface area contributed by atoms with Gasteiger partial charge in [-0.25, -0.2) is 4.39 Å². The third-order valence-corrected chi connectivity index (χ3v) is 3.90. The third kappa shape index (κ3) is 4.09. The molecule has 20 heavy (non-hydrogen) atoms. The monoisotopic (exact) mass is 309 g/mol. The summed E-state index contributed by atoms with van der Waals surface area (Å²) in [5.74, 6) is -1.80. The Morgan fingerprint density at radius 3 is 2.50 bits per heavy atom. The zero-order valence-corrected chi connectivity index (χ0v) is 11.6. The summed E-state index contributed by atoms with van der Waals surface area (Å²) in [6.45, 7) is 0.189. The Kier molecular flexibility index (Phi) is 4.91. The number of benzene rings is 1. The molecule has 0 saturated heterocycles. The molecule has 0 aromatic heterocycles. The van der Waals surface area contributed by atoms with Crippen LogP contribution in [0.25, 0.3) is 0 Å². The maximum atomic E-state index is 13.2. The van der Waals surface area contributed by atoms with Gasteiger partial charge in [0.15, 0.2) is 0 Å². The van der Waals surface area contributed by atoms with Crippen molar-refractivity contribution >= 4 is 11.6 Å². The molecule has 1 N–H and O–H groups in total. The predicted octanol–water partition coefficient (Wildman–Crippen LogP) is 4.69. The fraction of sp³-hybridized carbons (Fsp3) is 0.571. The molecule has 1 aromatic rings. The van der Waals surface area contributed by atoms with Crippen molar-refractivity contribution in [3.8, 4) is 0 Å². The summed E-state index contributed by atoms with van der Waals surface area (Å²) in [6.07, 6.45) is -2.14. The number of nitrogens with one attached hydrogen (secondary N) is 1. The molecule has 6 heteroatoms. The van der Waals surface area contributed by atoms with Gasteiger partial charge in [0, 0.05) is 17.6 Å². The molecule has 0 radical (unpaired) electrons. The number of rotatable bonds is 3. The van der Waals surface area contributed by atoms with E-state index in [2.05, 4.69) is 5.32 Å². The first-order chi connectivity index (χ1) is 9.36. The van der Waals surface area contributed by atoms with Crippen LogP contribution in [0, 0.1) is 11.7 Å². The Morgan fingerprint density at radius 2 is 1.85 bits per heavy atom. The second kappa shape index (κ2) is 6.31. The van der Waals surface area contributed by atoms with Gasteiger partial charge in [0.05, 0.1) is 5.92 Å². The quantitative estimate of drug-likeness (QED) is 0.799. The Labute approximate surface area is 120 Å². The molecule has 0 bridgehead atoms. The predicted molar refractivity (Wildman–Crippen MR) is 70.1 cm³/mol. The van der Waals surface area contributed by atoms with E-state index in [0.717, 1.165) is 6.42 Å². The maximum Gasteiger partial charge on any atom is 0.393 e. The summed E-state index contributed by atoms with van der Waals surface area (Å²) in [5, 5.41) is 3.15. The lowest BCUT2D eigenvalue weighted by Crippen LogP contribution is -2.45. The van der Waals surface area contributed by atoms with Crippen molar-refractivity contribution < 1.29 is 17.6 Å². The fourth-order valence-corrected chi connectivity index (χ4v) is 2.97. The summed E-state index contributed by atoms with van der Waals surface area (Å²) < 4.78 is 51.9. The zero-order chi connectivity index (χ0) is 14.8. The van der Waals surface area contributed by atoms with Gasteiger partial charge in [-0.2, -0.15) is 13.2 Å². The minimum Gasteiger partial charge on any atom is -0.309 e.